The molecule has 126 valence electrons. The van der Waals surface area contributed by atoms with Crippen molar-refractivity contribution in [1.29, 1.82) is 5.26 Å². The third kappa shape index (κ3) is 2.57. The van der Waals surface area contributed by atoms with Crippen LogP contribution in [0.3, 0.4) is 0 Å². The van der Waals surface area contributed by atoms with Crippen molar-refractivity contribution in [2.75, 3.05) is 5.32 Å². The Labute approximate surface area is 148 Å². The van der Waals surface area contributed by atoms with Gasteiger partial charge in [0.15, 0.2) is 5.65 Å². The van der Waals surface area contributed by atoms with Crippen LogP contribution in [0.5, 0.6) is 0 Å². The second kappa shape index (κ2) is 6.14. The van der Waals surface area contributed by atoms with Gasteiger partial charge < -0.3 is 5.32 Å². The summed E-state index contributed by atoms with van der Waals surface area (Å²) in [5.41, 5.74) is 2.79. The minimum Gasteiger partial charge on any atom is -0.306 e. The molecule has 0 radical (unpaired) electrons. The van der Waals surface area contributed by atoms with E-state index in [0.29, 0.717) is 17.0 Å². The second-order valence-corrected chi connectivity index (χ2v) is 5.63. The molecule has 0 spiro atoms. The number of aryl methyl sites for hydroxylation is 1. The molecule has 0 saturated heterocycles. The van der Waals surface area contributed by atoms with Gasteiger partial charge in [0.1, 0.15) is 23.3 Å². The molecule has 0 saturated carbocycles. The monoisotopic (exact) mass is 343 g/mol. The lowest BCUT2D eigenvalue weighted by Crippen LogP contribution is -2.13. The van der Waals surface area contributed by atoms with Crippen LogP contribution in [0.25, 0.3) is 22.3 Å². The molecule has 0 aliphatic heterocycles. The molecule has 0 unspecified atom stereocenters. The van der Waals surface area contributed by atoms with E-state index in [4.69, 9.17) is 5.26 Å². The average molecular weight is 343 g/mol. The first-order valence-corrected chi connectivity index (χ1v) is 7.81. The summed E-state index contributed by atoms with van der Waals surface area (Å²) in [5.74, 6) is 0.0876. The third-order valence-electron chi connectivity index (χ3n) is 3.96. The Hall–Kier alpha value is -3.99. The smallest absolute Gasteiger partial charge is 0.256 e. The molecule has 4 aromatic rings. The van der Waals surface area contributed by atoms with Crippen LogP contribution in [-0.4, -0.2) is 30.9 Å². The number of benzene rings is 1. The molecule has 1 amide bonds. The van der Waals surface area contributed by atoms with Gasteiger partial charge in [-0.2, -0.15) is 15.5 Å². The predicted molar refractivity (Wildman–Crippen MR) is 95.2 cm³/mol. The number of aromatic amines is 1. The Morgan fingerprint density at radius 3 is 2.85 bits per heavy atom. The van der Waals surface area contributed by atoms with Gasteiger partial charge in [-0.25, -0.2) is 9.67 Å². The minimum atomic E-state index is -0.364. The zero-order chi connectivity index (χ0) is 18.1. The summed E-state index contributed by atoms with van der Waals surface area (Å²) in [6, 6.07) is 14.6. The molecule has 3 aromatic heterocycles. The van der Waals surface area contributed by atoms with Gasteiger partial charge in [0.25, 0.3) is 5.91 Å². The number of amides is 1. The maximum atomic E-state index is 12.6. The van der Waals surface area contributed by atoms with E-state index in [1.807, 2.05) is 36.4 Å². The highest BCUT2D eigenvalue weighted by molar-refractivity contribution is 6.10. The van der Waals surface area contributed by atoms with Crippen LogP contribution >= 0.6 is 0 Å². The van der Waals surface area contributed by atoms with Crippen LogP contribution in [0.15, 0.2) is 48.7 Å². The number of hydrogen-bond acceptors (Lipinski definition) is 5. The summed E-state index contributed by atoms with van der Waals surface area (Å²) in [6.45, 7) is 0. The lowest BCUT2D eigenvalue weighted by atomic mass is 10.1. The van der Waals surface area contributed by atoms with E-state index < -0.39 is 0 Å². The summed E-state index contributed by atoms with van der Waals surface area (Å²) < 4.78 is 1.66. The highest BCUT2D eigenvalue weighted by Gasteiger charge is 2.19. The Kier molecular flexibility index (Phi) is 3.67. The number of nitriles is 1. The highest BCUT2D eigenvalue weighted by Crippen LogP contribution is 2.31. The van der Waals surface area contributed by atoms with Crippen molar-refractivity contribution in [2.45, 2.75) is 0 Å². The molecular weight excluding hydrogens is 330 g/mol. The van der Waals surface area contributed by atoms with Crippen LogP contribution in [-0.2, 0) is 7.05 Å². The highest BCUT2D eigenvalue weighted by atomic mass is 16.1. The number of carbonyl (C=O) groups excluding carboxylic acids is 1. The number of carbonyl (C=O) groups is 1. The van der Waals surface area contributed by atoms with Crippen molar-refractivity contribution in [3.63, 3.8) is 0 Å². The number of aromatic nitrogens is 5. The number of hydrogen-bond donors (Lipinski definition) is 2. The SMILES string of the molecule is Cn1nc(-c2ccccc2)c2c(NC(=O)c3ccnc(C#N)c3)[nH]nc21. The van der Waals surface area contributed by atoms with Crippen molar-refractivity contribution in [2.24, 2.45) is 7.05 Å². The molecule has 8 nitrogen and oxygen atoms in total. The Bertz CT molecular complexity index is 1150. The summed E-state index contributed by atoms with van der Waals surface area (Å²) in [7, 11) is 1.79. The standard InChI is InChI=1S/C18H13N7O/c1-25-17-14(15(24-25)11-5-3-2-4-6-11)16(22-23-17)21-18(26)12-7-8-20-13(9-12)10-19/h2-9H,1H3,(H2,21,22,23,26). The molecule has 2 N–H and O–H groups in total. The van der Waals surface area contributed by atoms with Crippen molar-refractivity contribution >= 4 is 22.8 Å². The molecule has 4 rings (SSSR count). The van der Waals surface area contributed by atoms with Gasteiger partial charge in [-0.1, -0.05) is 30.3 Å². The lowest BCUT2D eigenvalue weighted by Gasteiger charge is -2.04. The van der Waals surface area contributed by atoms with Gasteiger partial charge in [-0.05, 0) is 12.1 Å². The number of H-pyrrole nitrogens is 1. The number of rotatable bonds is 3. The first kappa shape index (κ1) is 15.5. The molecule has 0 aliphatic rings. The van der Waals surface area contributed by atoms with Gasteiger partial charge in [0, 0.05) is 24.4 Å². The normalized spacial score (nSPS) is 10.6. The van der Waals surface area contributed by atoms with Gasteiger partial charge in [-0.3, -0.25) is 9.89 Å². The summed E-state index contributed by atoms with van der Waals surface area (Å²) in [4.78, 5) is 16.4. The van der Waals surface area contributed by atoms with E-state index in [9.17, 15) is 4.79 Å². The van der Waals surface area contributed by atoms with Crippen LogP contribution < -0.4 is 5.32 Å². The number of pyridine rings is 1. The first-order chi connectivity index (χ1) is 12.7. The average Bonchev–Trinajstić information content (AvgIpc) is 3.24. The van der Waals surface area contributed by atoms with Crippen LogP contribution in [0, 0.1) is 11.3 Å². The third-order valence-corrected chi connectivity index (χ3v) is 3.96. The van der Waals surface area contributed by atoms with Gasteiger partial charge in [-0.15, -0.1) is 0 Å². The molecule has 0 fully saturated rings. The Balaban J connectivity index is 1.76. The molecule has 0 atom stereocenters. The van der Waals surface area contributed by atoms with Gasteiger partial charge in [0.2, 0.25) is 0 Å². The lowest BCUT2D eigenvalue weighted by molar-refractivity contribution is 0.102. The predicted octanol–water partition coefficient (Wildman–Crippen LogP) is 2.48. The van der Waals surface area contributed by atoms with Crippen LogP contribution in [0.4, 0.5) is 5.82 Å². The molecule has 0 aliphatic carbocycles. The van der Waals surface area contributed by atoms with E-state index in [0.717, 1.165) is 16.6 Å². The molecule has 0 bridgehead atoms. The molecule has 8 heteroatoms. The fourth-order valence-electron chi connectivity index (χ4n) is 2.75. The number of fused-ring (bicyclic) bond motifs is 1. The molecule has 1 aromatic carbocycles. The van der Waals surface area contributed by atoms with E-state index in [1.54, 1.807) is 17.8 Å². The van der Waals surface area contributed by atoms with Crippen LogP contribution in [0.1, 0.15) is 16.1 Å². The first-order valence-electron chi connectivity index (χ1n) is 7.81. The topological polar surface area (TPSA) is 112 Å². The zero-order valence-electron chi connectivity index (χ0n) is 13.8. The van der Waals surface area contributed by atoms with Crippen molar-refractivity contribution < 1.29 is 4.79 Å². The van der Waals surface area contributed by atoms with Crippen LogP contribution in [0.2, 0.25) is 0 Å². The maximum Gasteiger partial charge on any atom is 0.256 e. The van der Waals surface area contributed by atoms with E-state index >= 15 is 0 Å². The van der Waals surface area contributed by atoms with Crippen molar-refractivity contribution in [1.82, 2.24) is 25.0 Å². The molecule has 3 heterocycles. The number of nitrogens with one attached hydrogen (secondary N) is 2. The molecular formula is C18H13N7O. The fourth-order valence-corrected chi connectivity index (χ4v) is 2.75. The largest absolute Gasteiger partial charge is 0.306 e. The van der Waals surface area contributed by atoms with Gasteiger partial charge >= 0.3 is 0 Å². The van der Waals surface area contributed by atoms with E-state index in [1.165, 1.54) is 12.3 Å². The van der Waals surface area contributed by atoms with Crippen molar-refractivity contribution in [3.05, 3.63) is 59.9 Å². The summed E-state index contributed by atoms with van der Waals surface area (Å²) in [5, 5.41) is 24.1. The van der Waals surface area contributed by atoms with E-state index in [-0.39, 0.29) is 11.6 Å². The number of anilines is 1. The second-order valence-electron chi connectivity index (χ2n) is 5.63. The quantitative estimate of drug-likeness (QED) is 0.593. The van der Waals surface area contributed by atoms with Crippen molar-refractivity contribution in [3.8, 4) is 17.3 Å². The number of nitrogens with zero attached hydrogens (tertiary/aromatic N) is 5. The minimum absolute atomic E-state index is 0.179. The summed E-state index contributed by atoms with van der Waals surface area (Å²) >= 11 is 0. The maximum absolute atomic E-state index is 12.6. The fraction of sp³-hybridized carbons (Fsp3) is 0.0556. The Morgan fingerprint density at radius 2 is 2.08 bits per heavy atom. The van der Waals surface area contributed by atoms with E-state index in [2.05, 4.69) is 25.6 Å². The zero-order valence-corrected chi connectivity index (χ0v) is 13.8. The Morgan fingerprint density at radius 1 is 1.27 bits per heavy atom. The molecule has 26 heavy (non-hydrogen) atoms. The van der Waals surface area contributed by atoms with Gasteiger partial charge in [0.05, 0.1) is 5.39 Å². The summed E-state index contributed by atoms with van der Waals surface area (Å²) in [6.07, 6.45) is 1.43.